The predicted molar refractivity (Wildman–Crippen MR) is 66.6 cm³/mol. The molecule has 0 aromatic carbocycles. The van der Waals surface area contributed by atoms with Crippen LogP contribution in [0, 0.1) is 6.92 Å². The van der Waals surface area contributed by atoms with E-state index in [-0.39, 0.29) is 5.56 Å². The molecule has 0 radical (unpaired) electrons. The van der Waals surface area contributed by atoms with Crippen LogP contribution in [0.25, 0.3) is 0 Å². The number of rotatable bonds is 2. The van der Waals surface area contributed by atoms with Gasteiger partial charge in [-0.2, -0.15) is 0 Å². The zero-order valence-corrected chi connectivity index (χ0v) is 10.9. The second-order valence-electron chi connectivity index (χ2n) is 3.31. The van der Waals surface area contributed by atoms with E-state index < -0.39 is 0 Å². The fraction of sp³-hybridized carbons (Fsp3) is 0.222. The van der Waals surface area contributed by atoms with Crippen LogP contribution in [0.15, 0.2) is 21.5 Å². The Morgan fingerprint density at radius 1 is 1.56 bits per heavy atom. The van der Waals surface area contributed by atoms with Crippen LogP contribution in [0.1, 0.15) is 10.6 Å². The first-order valence-corrected chi connectivity index (χ1v) is 6.11. The Kier molecular flexibility index (Phi) is 3.06. The lowest BCUT2D eigenvalue weighted by atomic mass is 10.3. The maximum absolute atomic E-state index is 11.8. The van der Waals surface area contributed by atoms with Gasteiger partial charge in [-0.05, 0) is 28.9 Å². The van der Waals surface area contributed by atoms with Gasteiger partial charge in [0.05, 0.1) is 6.54 Å². The van der Waals surface area contributed by atoms with Gasteiger partial charge in [0.1, 0.15) is 5.01 Å². The molecule has 0 spiro atoms. The summed E-state index contributed by atoms with van der Waals surface area (Å²) in [7, 11) is 0. The molecule has 2 aromatic rings. The summed E-state index contributed by atoms with van der Waals surface area (Å²) in [4.78, 5) is 11.8. The minimum absolute atomic E-state index is 0.0306. The van der Waals surface area contributed by atoms with Crippen molar-refractivity contribution < 1.29 is 0 Å². The highest BCUT2D eigenvalue weighted by Gasteiger charge is 2.06. The first-order valence-electron chi connectivity index (χ1n) is 4.50. The minimum atomic E-state index is -0.0306. The fourth-order valence-corrected chi connectivity index (χ4v) is 2.53. The Hall–Kier alpha value is -1.21. The smallest absolute Gasteiger partial charge is 0.253 e. The molecule has 2 N–H and O–H groups in total. The van der Waals surface area contributed by atoms with Crippen LogP contribution in [0.2, 0.25) is 0 Å². The number of nitrogen functional groups attached to an aromatic ring is 1. The summed E-state index contributed by atoms with van der Waals surface area (Å²) < 4.78 is 2.45. The van der Waals surface area contributed by atoms with E-state index >= 15 is 0 Å². The lowest BCUT2D eigenvalue weighted by Crippen LogP contribution is -2.22. The second-order valence-corrected chi connectivity index (χ2v) is 5.32. The van der Waals surface area contributed by atoms with Gasteiger partial charge in [0.25, 0.3) is 5.56 Å². The van der Waals surface area contributed by atoms with Gasteiger partial charge >= 0.3 is 0 Å². The molecule has 84 valence electrons. The highest BCUT2D eigenvalue weighted by Crippen LogP contribution is 2.13. The third-order valence-corrected chi connectivity index (χ3v) is 3.19. The third-order valence-electron chi connectivity index (χ3n) is 2.02. The van der Waals surface area contributed by atoms with Crippen LogP contribution in [0.3, 0.4) is 0 Å². The molecular weight excluding hydrogens is 292 g/mol. The number of nitrogens with zero attached hydrogens (tertiary/aromatic N) is 3. The molecule has 0 aliphatic rings. The Bertz CT molecular complexity index is 577. The van der Waals surface area contributed by atoms with Gasteiger partial charge in [0, 0.05) is 16.2 Å². The van der Waals surface area contributed by atoms with E-state index in [0.717, 1.165) is 9.48 Å². The number of halogens is 1. The van der Waals surface area contributed by atoms with Crippen molar-refractivity contribution in [2.45, 2.75) is 13.5 Å². The first-order chi connectivity index (χ1) is 7.56. The molecule has 5 nitrogen and oxygen atoms in total. The van der Waals surface area contributed by atoms with Crippen molar-refractivity contribution in [1.82, 2.24) is 14.8 Å². The van der Waals surface area contributed by atoms with Gasteiger partial charge in [-0.3, -0.25) is 4.79 Å². The van der Waals surface area contributed by atoms with E-state index in [9.17, 15) is 4.79 Å². The van der Waals surface area contributed by atoms with Gasteiger partial charge in [-0.15, -0.1) is 10.2 Å². The number of hydrogen-bond donors (Lipinski definition) is 1. The SMILES string of the molecule is Cc1cc(Br)cn(Cc2nnc(N)s2)c1=O. The normalized spacial score (nSPS) is 10.6. The molecule has 0 fully saturated rings. The number of pyridine rings is 1. The van der Waals surface area contributed by atoms with Crippen LogP contribution in [-0.4, -0.2) is 14.8 Å². The monoisotopic (exact) mass is 300 g/mol. The van der Waals surface area contributed by atoms with E-state index in [4.69, 9.17) is 5.73 Å². The zero-order chi connectivity index (χ0) is 11.7. The van der Waals surface area contributed by atoms with E-state index in [0.29, 0.717) is 17.2 Å². The van der Waals surface area contributed by atoms with Crippen molar-refractivity contribution in [3.8, 4) is 0 Å². The molecule has 2 rings (SSSR count). The topological polar surface area (TPSA) is 73.8 Å². The molecule has 0 unspecified atom stereocenters. The number of aromatic nitrogens is 3. The van der Waals surface area contributed by atoms with Gasteiger partial charge in [-0.25, -0.2) is 0 Å². The summed E-state index contributed by atoms with van der Waals surface area (Å²) >= 11 is 4.63. The molecule has 0 aliphatic heterocycles. The van der Waals surface area contributed by atoms with Crippen molar-refractivity contribution in [2.75, 3.05) is 5.73 Å². The lowest BCUT2D eigenvalue weighted by Gasteiger charge is -2.04. The van der Waals surface area contributed by atoms with Crippen molar-refractivity contribution in [3.05, 3.63) is 37.7 Å². The van der Waals surface area contributed by atoms with E-state index in [1.807, 2.05) is 0 Å². The fourth-order valence-electron chi connectivity index (χ4n) is 1.33. The molecule has 0 saturated heterocycles. The third kappa shape index (κ3) is 2.30. The summed E-state index contributed by atoms with van der Waals surface area (Å²) in [5.74, 6) is 0. The van der Waals surface area contributed by atoms with Gasteiger partial charge in [-0.1, -0.05) is 11.3 Å². The molecule has 2 aromatic heterocycles. The van der Waals surface area contributed by atoms with Crippen LogP contribution >= 0.6 is 27.3 Å². The lowest BCUT2D eigenvalue weighted by molar-refractivity contribution is 0.735. The summed E-state index contributed by atoms with van der Waals surface area (Å²) in [6, 6.07) is 1.79. The zero-order valence-electron chi connectivity index (χ0n) is 8.48. The molecule has 0 atom stereocenters. The average Bonchev–Trinajstić information content (AvgIpc) is 2.60. The molecule has 0 aliphatic carbocycles. The Balaban J connectivity index is 2.38. The molecule has 2 heterocycles. The van der Waals surface area contributed by atoms with Crippen molar-refractivity contribution in [1.29, 1.82) is 0 Å². The molecule has 16 heavy (non-hydrogen) atoms. The standard InChI is InChI=1S/C9H9BrN4OS/c1-5-2-6(10)3-14(8(5)15)4-7-12-13-9(11)16-7/h2-3H,4H2,1H3,(H2,11,13). The van der Waals surface area contributed by atoms with E-state index in [1.54, 1.807) is 23.8 Å². The van der Waals surface area contributed by atoms with Crippen LogP contribution < -0.4 is 11.3 Å². The summed E-state index contributed by atoms with van der Waals surface area (Å²) in [5.41, 5.74) is 6.13. The van der Waals surface area contributed by atoms with Crippen molar-refractivity contribution >= 4 is 32.4 Å². The largest absolute Gasteiger partial charge is 0.374 e. The second kappa shape index (κ2) is 4.34. The average molecular weight is 301 g/mol. The summed E-state index contributed by atoms with van der Waals surface area (Å²) in [5, 5.41) is 8.72. The van der Waals surface area contributed by atoms with Gasteiger partial charge in [0.2, 0.25) is 5.13 Å². The predicted octanol–water partition coefficient (Wildman–Crippen LogP) is 1.40. The van der Waals surface area contributed by atoms with Gasteiger partial charge < -0.3 is 10.3 Å². The molecular formula is C9H9BrN4OS. The minimum Gasteiger partial charge on any atom is -0.374 e. The summed E-state index contributed by atoms with van der Waals surface area (Å²) in [6.07, 6.45) is 1.73. The molecule has 0 amide bonds. The van der Waals surface area contributed by atoms with Crippen molar-refractivity contribution in [3.63, 3.8) is 0 Å². The number of nitrogens with two attached hydrogens (primary N) is 1. The van der Waals surface area contributed by atoms with Crippen LogP contribution in [0.5, 0.6) is 0 Å². The highest BCUT2D eigenvalue weighted by molar-refractivity contribution is 9.10. The maximum atomic E-state index is 11.8. The van der Waals surface area contributed by atoms with E-state index in [1.165, 1.54) is 11.3 Å². The quantitative estimate of drug-likeness (QED) is 0.910. The Morgan fingerprint density at radius 2 is 2.31 bits per heavy atom. The van der Waals surface area contributed by atoms with Crippen LogP contribution in [0.4, 0.5) is 5.13 Å². The maximum Gasteiger partial charge on any atom is 0.253 e. The van der Waals surface area contributed by atoms with Crippen molar-refractivity contribution in [2.24, 2.45) is 0 Å². The van der Waals surface area contributed by atoms with Crippen LogP contribution in [-0.2, 0) is 6.54 Å². The Morgan fingerprint density at radius 3 is 2.94 bits per heavy atom. The van der Waals surface area contributed by atoms with E-state index in [2.05, 4.69) is 26.1 Å². The number of anilines is 1. The molecule has 7 heteroatoms. The first kappa shape index (κ1) is 11.3. The number of hydrogen-bond acceptors (Lipinski definition) is 5. The Labute approximate surface area is 104 Å². The summed E-state index contributed by atoms with van der Waals surface area (Å²) in [6.45, 7) is 2.17. The highest BCUT2D eigenvalue weighted by atomic mass is 79.9. The molecule has 0 saturated carbocycles. The molecule has 0 bridgehead atoms. The van der Waals surface area contributed by atoms with Gasteiger partial charge in [0.15, 0.2) is 0 Å². The number of aryl methyl sites for hydroxylation is 1.